The number of hydrogen-bond donors (Lipinski definition) is 2. The molecule has 4 heteroatoms. The van der Waals surface area contributed by atoms with E-state index in [-0.39, 0.29) is 11.8 Å². The highest BCUT2D eigenvalue weighted by molar-refractivity contribution is 5.92. The van der Waals surface area contributed by atoms with Gasteiger partial charge in [0.15, 0.2) is 0 Å². The molecule has 0 radical (unpaired) electrons. The maximum atomic E-state index is 12.2. The first-order valence-electron chi connectivity index (χ1n) is 7.10. The molecule has 2 aliphatic rings. The van der Waals surface area contributed by atoms with E-state index in [4.69, 9.17) is 4.74 Å². The van der Waals surface area contributed by atoms with Crippen LogP contribution in [0.3, 0.4) is 0 Å². The highest BCUT2D eigenvalue weighted by atomic mass is 16.5. The summed E-state index contributed by atoms with van der Waals surface area (Å²) >= 11 is 0. The van der Waals surface area contributed by atoms with Gasteiger partial charge in [-0.3, -0.25) is 4.79 Å². The molecular formula is C15H20N2O2. The van der Waals surface area contributed by atoms with Gasteiger partial charge in [0.2, 0.25) is 5.91 Å². The van der Waals surface area contributed by atoms with Crippen molar-refractivity contribution in [1.29, 1.82) is 0 Å². The van der Waals surface area contributed by atoms with E-state index in [1.807, 2.05) is 18.2 Å². The van der Waals surface area contributed by atoms with E-state index in [9.17, 15) is 4.79 Å². The molecule has 3 rings (SSSR count). The number of fused-ring (bicyclic) bond motifs is 1. The first kappa shape index (κ1) is 12.5. The third kappa shape index (κ3) is 2.89. The molecule has 0 saturated carbocycles. The van der Waals surface area contributed by atoms with Gasteiger partial charge in [-0.15, -0.1) is 0 Å². The highest BCUT2D eigenvalue weighted by Gasteiger charge is 2.21. The van der Waals surface area contributed by atoms with Gasteiger partial charge in [0.05, 0.1) is 6.61 Å². The minimum Gasteiger partial charge on any atom is -0.493 e. The van der Waals surface area contributed by atoms with Gasteiger partial charge >= 0.3 is 0 Å². The number of rotatable bonds is 2. The van der Waals surface area contributed by atoms with Crippen LogP contribution in [0.1, 0.15) is 24.8 Å². The normalized spacial score (nSPS) is 19.4. The van der Waals surface area contributed by atoms with E-state index in [0.29, 0.717) is 0 Å². The van der Waals surface area contributed by atoms with Crippen LogP contribution < -0.4 is 15.4 Å². The number of benzene rings is 1. The van der Waals surface area contributed by atoms with Crippen molar-refractivity contribution >= 4 is 11.6 Å². The zero-order valence-corrected chi connectivity index (χ0v) is 11.1. The Morgan fingerprint density at radius 2 is 2.16 bits per heavy atom. The van der Waals surface area contributed by atoms with Crippen molar-refractivity contribution in [3.05, 3.63) is 23.8 Å². The molecule has 0 atom stereocenters. The molecule has 2 heterocycles. The Morgan fingerprint density at radius 3 is 3.00 bits per heavy atom. The molecule has 1 aromatic carbocycles. The summed E-state index contributed by atoms with van der Waals surface area (Å²) in [6.07, 6.45) is 3.95. The first-order chi connectivity index (χ1) is 9.33. The zero-order chi connectivity index (χ0) is 13.1. The summed E-state index contributed by atoms with van der Waals surface area (Å²) in [5.41, 5.74) is 2.10. The number of amides is 1. The van der Waals surface area contributed by atoms with Gasteiger partial charge in [-0.2, -0.15) is 0 Å². The fourth-order valence-electron chi connectivity index (χ4n) is 2.77. The minimum atomic E-state index is 0.147. The summed E-state index contributed by atoms with van der Waals surface area (Å²) in [7, 11) is 0. The zero-order valence-electron chi connectivity index (χ0n) is 11.1. The number of carbonyl (C=O) groups excluding carboxylic acids is 1. The van der Waals surface area contributed by atoms with Gasteiger partial charge in [-0.25, -0.2) is 0 Å². The molecule has 0 aliphatic carbocycles. The quantitative estimate of drug-likeness (QED) is 0.854. The van der Waals surface area contributed by atoms with Crippen LogP contribution in [-0.2, 0) is 11.2 Å². The van der Waals surface area contributed by atoms with E-state index < -0.39 is 0 Å². The summed E-state index contributed by atoms with van der Waals surface area (Å²) in [6, 6.07) is 5.95. The van der Waals surface area contributed by atoms with Crippen molar-refractivity contribution in [1.82, 2.24) is 5.32 Å². The van der Waals surface area contributed by atoms with Crippen molar-refractivity contribution in [2.24, 2.45) is 5.92 Å². The van der Waals surface area contributed by atoms with Crippen LogP contribution in [0.15, 0.2) is 18.2 Å². The fraction of sp³-hybridized carbons (Fsp3) is 0.533. The molecule has 0 unspecified atom stereocenters. The van der Waals surface area contributed by atoms with Crippen molar-refractivity contribution in [2.75, 3.05) is 25.0 Å². The Morgan fingerprint density at radius 1 is 1.32 bits per heavy atom. The van der Waals surface area contributed by atoms with Gasteiger partial charge in [0.1, 0.15) is 5.75 Å². The van der Waals surface area contributed by atoms with Gasteiger partial charge in [0, 0.05) is 11.6 Å². The molecule has 4 nitrogen and oxygen atoms in total. The lowest BCUT2D eigenvalue weighted by Gasteiger charge is -2.22. The highest BCUT2D eigenvalue weighted by Crippen LogP contribution is 2.28. The predicted molar refractivity (Wildman–Crippen MR) is 74.5 cm³/mol. The van der Waals surface area contributed by atoms with E-state index >= 15 is 0 Å². The fourth-order valence-corrected chi connectivity index (χ4v) is 2.77. The summed E-state index contributed by atoms with van der Waals surface area (Å²) < 4.78 is 5.58. The Kier molecular flexibility index (Phi) is 3.69. The van der Waals surface area contributed by atoms with Crippen LogP contribution in [0.2, 0.25) is 0 Å². The number of piperidine rings is 1. The lowest BCUT2D eigenvalue weighted by molar-refractivity contribution is -0.120. The number of aryl methyl sites for hydroxylation is 1. The number of nitrogens with one attached hydrogen (secondary N) is 2. The molecule has 0 spiro atoms. The summed E-state index contributed by atoms with van der Waals surface area (Å²) in [5.74, 6) is 1.26. The molecular weight excluding hydrogens is 240 g/mol. The van der Waals surface area contributed by atoms with Crippen molar-refractivity contribution in [3.63, 3.8) is 0 Å². The van der Waals surface area contributed by atoms with E-state index in [0.717, 1.165) is 56.8 Å². The molecule has 1 fully saturated rings. The lowest BCUT2D eigenvalue weighted by Crippen LogP contribution is -2.34. The molecule has 102 valence electrons. The van der Waals surface area contributed by atoms with Gasteiger partial charge in [-0.1, -0.05) is 0 Å². The summed E-state index contributed by atoms with van der Waals surface area (Å²) in [4.78, 5) is 12.2. The van der Waals surface area contributed by atoms with Crippen molar-refractivity contribution in [3.8, 4) is 5.75 Å². The molecule has 1 aromatic rings. The smallest absolute Gasteiger partial charge is 0.227 e. The van der Waals surface area contributed by atoms with E-state index in [1.54, 1.807) is 0 Å². The SMILES string of the molecule is O=C(Nc1ccc2c(c1)CCCO2)C1CCNCC1. The van der Waals surface area contributed by atoms with Gasteiger partial charge in [-0.05, 0) is 62.5 Å². The molecule has 2 N–H and O–H groups in total. The van der Waals surface area contributed by atoms with Crippen LogP contribution in [0.5, 0.6) is 5.75 Å². The van der Waals surface area contributed by atoms with E-state index in [1.165, 1.54) is 5.56 Å². The Labute approximate surface area is 113 Å². The average molecular weight is 260 g/mol. The monoisotopic (exact) mass is 260 g/mol. The largest absolute Gasteiger partial charge is 0.493 e. The standard InChI is InChI=1S/C15H20N2O2/c18-15(11-5-7-16-8-6-11)17-13-3-4-14-12(10-13)2-1-9-19-14/h3-4,10-11,16H,1-2,5-9H2,(H,17,18). The van der Waals surface area contributed by atoms with E-state index in [2.05, 4.69) is 10.6 Å². The molecule has 2 aliphatic heterocycles. The predicted octanol–water partition coefficient (Wildman–Crippen LogP) is 1.95. The third-order valence-corrected chi connectivity index (χ3v) is 3.89. The van der Waals surface area contributed by atoms with Gasteiger partial charge < -0.3 is 15.4 Å². The van der Waals surface area contributed by atoms with Crippen LogP contribution in [0.4, 0.5) is 5.69 Å². The van der Waals surface area contributed by atoms with Crippen LogP contribution in [0, 0.1) is 5.92 Å². The van der Waals surface area contributed by atoms with Crippen LogP contribution in [0.25, 0.3) is 0 Å². The maximum Gasteiger partial charge on any atom is 0.227 e. The number of carbonyl (C=O) groups is 1. The van der Waals surface area contributed by atoms with Crippen LogP contribution >= 0.6 is 0 Å². The third-order valence-electron chi connectivity index (χ3n) is 3.89. The number of anilines is 1. The first-order valence-corrected chi connectivity index (χ1v) is 7.10. The maximum absolute atomic E-state index is 12.2. The topological polar surface area (TPSA) is 50.4 Å². The second kappa shape index (κ2) is 5.61. The summed E-state index contributed by atoms with van der Waals surface area (Å²) in [5, 5.41) is 6.32. The van der Waals surface area contributed by atoms with Crippen LogP contribution in [-0.4, -0.2) is 25.6 Å². The number of ether oxygens (including phenoxy) is 1. The average Bonchev–Trinajstić information content (AvgIpc) is 2.48. The second-order valence-corrected chi connectivity index (χ2v) is 5.29. The Hall–Kier alpha value is -1.55. The molecule has 1 saturated heterocycles. The van der Waals surface area contributed by atoms with Crippen molar-refractivity contribution < 1.29 is 9.53 Å². The number of hydrogen-bond acceptors (Lipinski definition) is 3. The summed E-state index contributed by atoms with van der Waals surface area (Å²) in [6.45, 7) is 2.68. The molecule has 1 amide bonds. The second-order valence-electron chi connectivity index (χ2n) is 5.29. The lowest BCUT2D eigenvalue weighted by atomic mass is 9.97. The Bertz CT molecular complexity index is 467. The van der Waals surface area contributed by atoms with Crippen molar-refractivity contribution in [2.45, 2.75) is 25.7 Å². The molecule has 0 bridgehead atoms. The Balaban J connectivity index is 1.67. The molecule has 0 aromatic heterocycles. The molecule has 19 heavy (non-hydrogen) atoms. The van der Waals surface area contributed by atoms with Gasteiger partial charge in [0.25, 0.3) is 0 Å². The minimum absolute atomic E-state index is 0.147.